The highest BCUT2D eigenvalue weighted by molar-refractivity contribution is 9.10. The average molecular weight is 433 g/mol. The van der Waals surface area contributed by atoms with Gasteiger partial charge in [-0.3, -0.25) is 4.79 Å². The van der Waals surface area contributed by atoms with Crippen molar-refractivity contribution in [1.82, 2.24) is 0 Å². The van der Waals surface area contributed by atoms with E-state index in [4.69, 9.17) is 4.74 Å². The molecule has 0 bridgehead atoms. The quantitative estimate of drug-likeness (QED) is 0.730. The SMILES string of the molecule is CC1CCc2c(sc(NC(=O)COC(=O)c3ccccc3Br)c2C#N)C1. The largest absolute Gasteiger partial charge is 0.452 e. The van der Waals surface area contributed by atoms with Crippen LogP contribution in [0.15, 0.2) is 28.7 Å². The van der Waals surface area contributed by atoms with Crippen molar-refractivity contribution in [3.05, 3.63) is 50.3 Å². The number of hydrogen-bond donors (Lipinski definition) is 1. The molecule has 1 amide bonds. The molecule has 0 radical (unpaired) electrons. The van der Waals surface area contributed by atoms with E-state index in [2.05, 4.69) is 34.2 Å². The minimum atomic E-state index is -0.576. The summed E-state index contributed by atoms with van der Waals surface area (Å²) in [7, 11) is 0. The molecule has 0 aliphatic heterocycles. The van der Waals surface area contributed by atoms with E-state index in [9.17, 15) is 14.9 Å². The highest BCUT2D eigenvalue weighted by atomic mass is 79.9. The molecule has 2 aromatic rings. The van der Waals surface area contributed by atoms with Crippen molar-refractivity contribution in [1.29, 1.82) is 5.26 Å². The third-order valence-corrected chi connectivity index (χ3v) is 6.17. The van der Waals surface area contributed by atoms with Gasteiger partial charge >= 0.3 is 5.97 Å². The van der Waals surface area contributed by atoms with Gasteiger partial charge in [-0.2, -0.15) is 5.26 Å². The second-order valence-electron chi connectivity index (χ2n) is 6.27. The summed E-state index contributed by atoms with van der Waals surface area (Å²) in [4.78, 5) is 25.4. The summed E-state index contributed by atoms with van der Waals surface area (Å²) in [6.45, 7) is 1.79. The number of anilines is 1. The van der Waals surface area contributed by atoms with Gasteiger partial charge in [0, 0.05) is 9.35 Å². The van der Waals surface area contributed by atoms with Crippen LogP contribution in [-0.4, -0.2) is 18.5 Å². The molecule has 5 nitrogen and oxygen atoms in total. The number of amides is 1. The maximum Gasteiger partial charge on any atom is 0.339 e. The van der Waals surface area contributed by atoms with Crippen molar-refractivity contribution in [2.45, 2.75) is 26.2 Å². The lowest BCUT2D eigenvalue weighted by Gasteiger charge is -2.17. The lowest BCUT2D eigenvalue weighted by molar-refractivity contribution is -0.119. The smallest absolute Gasteiger partial charge is 0.339 e. The molecule has 0 spiro atoms. The van der Waals surface area contributed by atoms with Crippen LogP contribution in [0, 0.1) is 17.2 Å². The summed E-state index contributed by atoms with van der Waals surface area (Å²) in [6, 6.07) is 9.06. The summed E-state index contributed by atoms with van der Waals surface area (Å²) in [5, 5.41) is 12.7. The fourth-order valence-corrected chi connectivity index (χ4v) is 4.78. The maximum absolute atomic E-state index is 12.2. The number of carbonyl (C=O) groups excluding carboxylic acids is 2. The fraction of sp³-hybridized carbons (Fsp3) is 0.316. The normalized spacial score (nSPS) is 15.7. The zero-order chi connectivity index (χ0) is 18.7. The molecule has 7 heteroatoms. The van der Waals surface area contributed by atoms with E-state index in [1.54, 1.807) is 24.3 Å². The molecular formula is C19H17BrN2O3S. The van der Waals surface area contributed by atoms with Crippen LogP contribution in [0.5, 0.6) is 0 Å². The minimum Gasteiger partial charge on any atom is -0.452 e. The number of rotatable bonds is 4. The first-order valence-corrected chi connectivity index (χ1v) is 9.86. The van der Waals surface area contributed by atoms with Crippen LogP contribution >= 0.6 is 27.3 Å². The number of fused-ring (bicyclic) bond motifs is 1. The Hall–Kier alpha value is -2.17. The molecule has 0 saturated heterocycles. The van der Waals surface area contributed by atoms with Gasteiger partial charge in [-0.05, 0) is 58.8 Å². The van der Waals surface area contributed by atoms with Gasteiger partial charge < -0.3 is 10.1 Å². The number of thiophene rings is 1. The van der Waals surface area contributed by atoms with Crippen molar-refractivity contribution in [3.8, 4) is 6.07 Å². The van der Waals surface area contributed by atoms with E-state index < -0.39 is 18.5 Å². The molecular weight excluding hydrogens is 416 g/mol. The van der Waals surface area contributed by atoms with Crippen LogP contribution in [0.1, 0.15) is 39.7 Å². The van der Waals surface area contributed by atoms with E-state index in [-0.39, 0.29) is 0 Å². The van der Waals surface area contributed by atoms with E-state index in [1.165, 1.54) is 16.2 Å². The molecule has 1 heterocycles. The second-order valence-corrected chi connectivity index (χ2v) is 8.23. The van der Waals surface area contributed by atoms with E-state index in [1.807, 2.05) is 0 Å². The third-order valence-electron chi connectivity index (χ3n) is 4.30. The summed E-state index contributed by atoms with van der Waals surface area (Å²) in [6.07, 6.45) is 2.85. The molecule has 3 rings (SSSR count). The number of nitriles is 1. The van der Waals surface area contributed by atoms with Gasteiger partial charge in [0.05, 0.1) is 11.1 Å². The van der Waals surface area contributed by atoms with Crippen molar-refractivity contribution >= 4 is 44.1 Å². The Balaban J connectivity index is 1.65. The number of halogens is 1. The number of benzene rings is 1. The first kappa shape index (κ1) is 18.6. The standard InChI is InChI=1S/C19H17BrN2O3S/c1-11-6-7-12-14(9-21)18(26-16(12)8-11)22-17(23)10-25-19(24)13-4-2-3-5-15(13)20/h2-5,11H,6-8,10H2,1H3,(H,22,23). The number of carbonyl (C=O) groups is 2. The van der Waals surface area contributed by atoms with Crippen LogP contribution < -0.4 is 5.32 Å². The average Bonchev–Trinajstić information content (AvgIpc) is 2.95. The maximum atomic E-state index is 12.2. The Labute approximate surface area is 164 Å². The Kier molecular flexibility index (Phi) is 5.74. The minimum absolute atomic E-state index is 0.360. The lowest BCUT2D eigenvalue weighted by atomic mass is 9.89. The Morgan fingerprint density at radius 2 is 2.19 bits per heavy atom. The number of nitrogens with zero attached hydrogens (tertiary/aromatic N) is 1. The molecule has 1 N–H and O–H groups in total. The molecule has 1 aromatic heterocycles. The second kappa shape index (κ2) is 8.02. The summed E-state index contributed by atoms with van der Waals surface area (Å²) in [5.74, 6) is -0.442. The zero-order valence-electron chi connectivity index (χ0n) is 14.2. The Morgan fingerprint density at radius 3 is 2.92 bits per heavy atom. The highest BCUT2D eigenvalue weighted by Crippen LogP contribution is 2.39. The van der Waals surface area contributed by atoms with Gasteiger partial charge in [0.15, 0.2) is 6.61 Å². The van der Waals surface area contributed by atoms with Gasteiger partial charge in [0.1, 0.15) is 11.1 Å². The molecule has 1 aliphatic rings. The van der Waals surface area contributed by atoms with Crippen molar-refractivity contribution in [3.63, 3.8) is 0 Å². The molecule has 1 unspecified atom stereocenters. The predicted molar refractivity (Wildman–Crippen MR) is 103 cm³/mol. The van der Waals surface area contributed by atoms with Gasteiger partial charge in [-0.1, -0.05) is 19.1 Å². The molecule has 1 atom stereocenters. The predicted octanol–water partition coefficient (Wildman–Crippen LogP) is 4.30. The van der Waals surface area contributed by atoms with Gasteiger partial charge in [-0.25, -0.2) is 4.79 Å². The van der Waals surface area contributed by atoms with Crippen molar-refractivity contribution in [2.75, 3.05) is 11.9 Å². The topological polar surface area (TPSA) is 79.2 Å². The summed E-state index contributed by atoms with van der Waals surface area (Å²) >= 11 is 4.73. The van der Waals surface area contributed by atoms with Crippen LogP contribution in [-0.2, 0) is 22.4 Å². The van der Waals surface area contributed by atoms with Crippen molar-refractivity contribution in [2.24, 2.45) is 5.92 Å². The molecule has 1 aromatic carbocycles. The molecule has 0 fully saturated rings. The van der Waals surface area contributed by atoms with Gasteiger partial charge in [-0.15, -0.1) is 11.3 Å². The zero-order valence-corrected chi connectivity index (χ0v) is 16.6. The highest BCUT2D eigenvalue weighted by Gasteiger charge is 2.25. The summed E-state index contributed by atoms with van der Waals surface area (Å²) < 4.78 is 5.68. The van der Waals surface area contributed by atoms with Gasteiger partial charge in [0.2, 0.25) is 0 Å². The van der Waals surface area contributed by atoms with E-state index >= 15 is 0 Å². The molecule has 134 valence electrons. The Morgan fingerprint density at radius 1 is 1.42 bits per heavy atom. The van der Waals surface area contributed by atoms with Crippen LogP contribution in [0.25, 0.3) is 0 Å². The number of hydrogen-bond acceptors (Lipinski definition) is 5. The number of ether oxygens (including phenoxy) is 1. The number of esters is 1. The van der Waals surface area contributed by atoms with Gasteiger partial charge in [0.25, 0.3) is 5.91 Å². The lowest BCUT2D eigenvalue weighted by Crippen LogP contribution is -2.21. The van der Waals surface area contributed by atoms with Crippen molar-refractivity contribution < 1.29 is 14.3 Å². The monoisotopic (exact) mass is 432 g/mol. The van der Waals surface area contributed by atoms with E-state index in [0.717, 1.165) is 24.8 Å². The van der Waals surface area contributed by atoms with Crippen LogP contribution in [0.3, 0.4) is 0 Å². The molecule has 0 saturated carbocycles. The fourth-order valence-electron chi connectivity index (χ4n) is 2.96. The molecule has 1 aliphatic carbocycles. The first-order chi connectivity index (χ1) is 12.5. The first-order valence-electron chi connectivity index (χ1n) is 8.25. The van der Waals surface area contributed by atoms with Crippen LogP contribution in [0.2, 0.25) is 0 Å². The third kappa shape index (κ3) is 3.97. The summed E-state index contributed by atoms with van der Waals surface area (Å²) in [5.41, 5.74) is 1.96. The number of nitrogens with one attached hydrogen (secondary N) is 1. The Bertz CT molecular complexity index is 901. The van der Waals surface area contributed by atoms with E-state index in [0.29, 0.717) is 26.5 Å². The molecule has 26 heavy (non-hydrogen) atoms. The van der Waals surface area contributed by atoms with Crippen LogP contribution in [0.4, 0.5) is 5.00 Å².